The zero-order valence-corrected chi connectivity index (χ0v) is 11.0. The molecular weight excluding hydrogens is 248 g/mol. The van der Waals surface area contributed by atoms with E-state index >= 15 is 0 Å². The van der Waals surface area contributed by atoms with Crippen LogP contribution in [0.2, 0.25) is 0 Å². The largest absolute Gasteiger partial charge is 0.347 e. The first-order valence-electron chi connectivity index (χ1n) is 6.55. The lowest BCUT2D eigenvalue weighted by Crippen LogP contribution is -3.08. The first kappa shape index (κ1) is 11.3. The molecule has 96 valence electrons. The Morgan fingerprint density at radius 1 is 0.800 bits per heavy atom. The summed E-state index contributed by atoms with van der Waals surface area (Å²) in [5.41, 5.74) is 0. The third kappa shape index (κ3) is 1.42. The molecular formula is C16H13N4+. The highest BCUT2D eigenvalue weighted by Crippen LogP contribution is 2.19. The second-order valence-electron chi connectivity index (χ2n) is 4.95. The highest BCUT2D eigenvalue weighted by Gasteiger charge is 2.17. The molecule has 0 aliphatic carbocycles. The number of rotatable bonds is 0. The first-order valence-corrected chi connectivity index (χ1v) is 6.55. The maximum absolute atomic E-state index is 7.91. The minimum absolute atomic E-state index is 0.248. The molecule has 3 aromatic carbocycles. The Balaban J connectivity index is 2.41. The summed E-state index contributed by atoms with van der Waals surface area (Å²) in [6.07, 6.45) is 0. The Morgan fingerprint density at radius 2 is 1.30 bits per heavy atom. The highest BCUT2D eigenvalue weighted by molar-refractivity contribution is 6.07. The SMILES string of the molecule is C[NH+]1N=c2c(c3ccccc3c3ccccc23)=NC1=N. The maximum atomic E-state index is 7.91. The molecule has 20 heavy (non-hydrogen) atoms. The molecule has 0 saturated carbocycles. The van der Waals surface area contributed by atoms with Crippen LogP contribution in [0.25, 0.3) is 21.5 Å². The number of quaternary nitrogens is 1. The lowest BCUT2D eigenvalue weighted by Gasteiger charge is -2.11. The van der Waals surface area contributed by atoms with Crippen LogP contribution in [0.3, 0.4) is 0 Å². The van der Waals surface area contributed by atoms with Crippen molar-refractivity contribution in [2.45, 2.75) is 0 Å². The number of hydrogen-bond donors (Lipinski definition) is 2. The predicted octanol–water partition coefficient (Wildman–Crippen LogP) is 0.610. The van der Waals surface area contributed by atoms with Gasteiger partial charge < -0.3 is 0 Å². The van der Waals surface area contributed by atoms with Crippen molar-refractivity contribution in [1.29, 1.82) is 5.41 Å². The molecule has 4 nitrogen and oxygen atoms in total. The molecule has 4 rings (SSSR count). The standard InChI is InChI=1S/C16H12N4/c1-20-16(17)18-14-12-8-4-2-6-10(12)11-7-3-5-9-13(11)15(14)19-20/h2-9,17H,1H3/p+1. The summed E-state index contributed by atoms with van der Waals surface area (Å²) in [6, 6.07) is 16.4. The fourth-order valence-electron chi connectivity index (χ4n) is 2.74. The van der Waals surface area contributed by atoms with Gasteiger partial charge in [0.1, 0.15) is 5.36 Å². The van der Waals surface area contributed by atoms with Crippen molar-refractivity contribution in [3.63, 3.8) is 0 Å². The van der Waals surface area contributed by atoms with Gasteiger partial charge in [-0.1, -0.05) is 53.6 Å². The number of hydrogen-bond acceptors (Lipinski definition) is 2. The van der Waals surface area contributed by atoms with Crippen LogP contribution >= 0.6 is 0 Å². The summed E-state index contributed by atoms with van der Waals surface area (Å²) >= 11 is 0. The molecule has 4 heteroatoms. The van der Waals surface area contributed by atoms with Gasteiger partial charge >= 0.3 is 5.96 Å². The van der Waals surface area contributed by atoms with E-state index < -0.39 is 0 Å². The minimum Gasteiger partial charge on any atom is -0.230 e. The average molecular weight is 261 g/mol. The number of guanidine groups is 1. The number of nitrogens with zero attached hydrogens (tertiary/aromatic N) is 2. The summed E-state index contributed by atoms with van der Waals surface area (Å²) < 4.78 is 0. The van der Waals surface area contributed by atoms with E-state index in [-0.39, 0.29) is 5.96 Å². The lowest BCUT2D eigenvalue weighted by atomic mass is 10.0. The molecule has 0 aromatic heterocycles. The summed E-state index contributed by atoms with van der Waals surface area (Å²) in [6.45, 7) is 0. The molecule has 0 amide bonds. The van der Waals surface area contributed by atoms with E-state index in [1.54, 1.807) is 0 Å². The van der Waals surface area contributed by atoms with Crippen LogP contribution in [-0.4, -0.2) is 13.0 Å². The van der Waals surface area contributed by atoms with Gasteiger partial charge in [0.05, 0.1) is 7.05 Å². The molecule has 0 fully saturated rings. The molecule has 1 aliphatic heterocycles. The monoisotopic (exact) mass is 261 g/mol. The van der Waals surface area contributed by atoms with Crippen LogP contribution in [0.15, 0.2) is 58.6 Å². The second kappa shape index (κ2) is 3.95. The predicted molar refractivity (Wildman–Crippen MR) is 78.4 cm³/mol. The molecule has 1 aliphatic rings. The van der Waals surface area contributed by atoms with Crippen LogP contribution in [-0.2, 0) is 0 Å². The van der Waals surface area contributed by atoms with Crippen LogP contribution in [0.4, 0.5) is 0 Å². The van der Waals surface area contributed by atoms with Gasteiger partial charge in [0.15, 0.2) is 5.36 Å². The van der Waals surface area contributed by atoms with Crippen LogP contribution in [0.5, 0.6) is 0 Å². The summed E-state index contributed by atoms with van der Waals surface area (Å²) in [5.74, 6) is 0.248. The zero-order valence-electron chi connectivity index (χ0n) is 11.0. The molecule has 0 bridgehead atoms. The average Bonchev–Trinajstić information content (AvgIpc) is 2.49. The Bertz CT molecular complexity index is 988. The van der Waals surface area contributed by atoms with Gasteiger partial charge in [-0.15, -0.1) is 5.01 Å². The Morgan fingerprint density at radius 3 is 1.90 bits per heavy atom. The topological polar surface area (TPSA) is 53.0 Å². The fraction of sp³-hybridized carbons (Fsp3) is 0.0625. The minimum atomic E-state index is 0.248. The smallest absolute Gasteiger partial charge is 0.230 e. The van der Waals surface area contributed by atoms with Crippen molar-refractivity contribution in [3.8, 4) is 0 Å². The Kier molecular flexibility index (Phi) is 2.22. The molecule has 2 N–H and O–H groups in total. The van der Waals surface area contributed by atoms with Crippen molar-refractivity contribution >= 4 is 27.5 Å². The van der Waals surface area contributed by atoms with E-state index in [9.17, 15) is 0 Å². The Labute approximate surface area is 115 Å². The Hall–Kier alpha value is -2.59. The zero-order chi connectivity index (χ0) is 13.7. The molecule has 3 aromatic rings. The van der Waals surface area contributed by atoms with E-state index in [0.717, 1.165) is 26.9 Å². The fourth-order valence-corrected chi connectivity index (χ4v) is 2.74. The van der Waals surface area contributed by atoms with Gasteiger partial charge in [-0.25, -0.2) is 5.41 Å². The van der Waals surface area contributed by atoms with Gasteiger partial charge in [0.25, 0.3) is 0 Å². The van der Waals surface area contributed by atoms with Crippen molar-refractivity contribution in [3.05, 3.63) is 59.2 Å². The van der Waals surface area contributed by atoms with Crippen LogP contribution in [0, 0.1) is 5.41 Å². The third-order valence-electron chi connectivity index (χ3n) is 3.72. The van der Waals surface area contributed by atoms with Gasteiger partial charge in [0.2, 0.25) is 0 Å². The summed E-state index contributed by atoms with van der Waals surface area (Å²) in [7, 11) is 1.83. The van der Waals surface area contributed by atoms with E-state index in [1.807, 2.05) is 37.4 Å². The molecule has 0 radical (unpaired) electrons. The number of nitrogens with one attached hydrogen (secondary N) is 2. The van der Waals surface area contributed by atoms with Gasteiger partial charge in [-0.3, -0.25) is 0 Å². The van der Waals surface area contributed by atoms with Crippen LogP contribution < -0.4 is 15.7 Å². The first-order chi connectivity index (χ1) is 9.75. The molecule has 1 unspecified atom stereocenters. The molecule has 0 saturated heterocycles. The number of benzene rings is 3. The number of fused-ring (bicyclic) bond motifs is 6. The van der Waals surface area contributed by atoms with E-state index in [2.05, 4.69) is 28.3 Å². The van der Waals surface area contributed by atoms with E-state index in [1.165, 1.54) is 5.39 Å². The van der Waals surface area contributed by atoms with Gasteiger partial charge in [0, 0.05) is 10.8 Å². The highest BCUT2D eigenvalue weighted by atomic mass is 15.5. The van der Waals surface area contributed by atoms with Crippen molar-refractivity contribution < 1.29 is 5.01 Å². The molecule has 1 heterocycles. The van der Waals surface area contributed by atoms with Gasteiger partial charge in [-0.05, 0) is 10.8 Å². The van der Waals surface area contributed by atoms with E-state index in [4.69, 9.17) is 5.41 Å². The lowest BCUT2D eigenvalue weighted by molar-refractivity contribution is -0.796. The molecule has 1 atom stereocenters. The van der Waals surface area contributed by atoms with E-state index in [0.29, 0.717) is 5.01 Å². The normalized spacial score (nSPS) is 17.6. The van der Waals surface area contributed by atoms with Crippen molar-refractivity contribution in [2.24, 2.45) is 10.1 Å². The van der Waals surface area contributed by atoms with Crippen molar-refractivity contribution in [2.75, 3.05) is 7.05 Å². The van der Waals surface area contributed by atoms with Crippen molar-refractivity contribution in [1.82, 2.24) is 0 Å². The summed E-state index contributed by atoms with van der Waals surface area (Å²) in [5, 5.41) is 19.4. The third-order valence-corrected chi connectivity index (χ3v) is 3.72. The van der Waals surface area contributed by atoms with Gasteiger partial charge in [-0.2, -0.15) is 4.99 Å². The maximum Gasteiger partial charge on any atom is 0.347 e. The van der Waals surface area contributed by atoms with Crippen LogP contribution in [0.1, 0.15) is 0 Å². The quantitative estimate of drug-likeness (QED) is 0.557. The summed E-state index contributed by atoms with van der Waals surface area (Å²) in [4.78, 5) is 4.46. The molecule has 0 spiro atoms. The second-order valence-corrected chi connectivity index (χ2v) is 4.95.